The first-order valence-electron chi connectivity index (χ1n) is 8.08. The molecule has 23 heavy (non-hydrogen) atoms. The molecule has 8 heteroatoms. The predicted molar refractivity (Wildman–Crippen MR) is 88.4 cm³/mol. The maximum absolute atomic E-state index is 12.5. The van der Waals surface area contributed by atoms with Crippen molar-refractivity contribution in [1.82, 2.24) is 19.2 Å². The van der Waals surface area contributed by atoms with E-state index in [-0.39, 0.29) is 11.9 Å². The smallest absolute Gasteiger partial charge is 0.224 e. The Kier molecular flexibility index (Phi) is 6.17. The van der Waals surface area contributed by atoms with E-state index in [1.807, 2.05) is 22.6 Å². The van der Waals surface area contributed by atoms with E-state index in [1.165, 1.54) is 0 Å². The van der Waals surface area contributed by atoms with Crippen LogP contribution in [0.5, 0.6) is 0 Å². The minimum absolute atomic E-state index is 0.134. The minimum Gasteiger partial charge on any atom is -0.340 e. The lowest BCUT2D eigenvalue weighted by atomic mass is 9.99. The fraction of sp³-hybridized carbons (Fsp3) is 0.733. The van der Waals surface area contributed by atoms with E-state index < -0.39 is 10.0 Å². The summed E-state index contributed by atoms with van der Waals surface area (Å²) >= 11 is 0. The van der Waals surface area contributed by atoms with Gasteiger partial charge in [0.15, 0.2) is 0 Å². The first kappa shape index (κ1) is 17.9. The first-order chi connectivity index (χ1) is 10.9. The number of carbonyl (C=O) groups is 1. The summed E-state index contributed by atoms with van der Waals surface area (Å²) in [5.74, 6) is 1.05. The van der Waals surface area contributed by atoms with Crippen molar-refractivity contribution in [3.05, 3.63) is 18.2 Å². The number of imidazole rings is 1. The molecule has 2 rings (SSSR count). The average Bonchev–Trinajstić information content (AvgIpc) is 2.89. The van der Waals surface area contributed by atoms with E-state index in [1.54, 1.807) is 6.20 Å². The number of aryl methyl sites for hydroxylation is 2. The van der Waals surface area contributed by atoms with Crippen molar-refractivity contribution < 1.29 is 13.2 Å². The van der Waals surface area contributed by atoms with Crippen LogP contribution in [0, 0.1) is 6.92 Å². The number of sulfonamides is 1. The lowest BCUT2D eigenvalue weighted by Crippen LogP contribution is -2.45. The molecule has 2 heterocycles. The Morgan fingerprint density at radius 1 is 1.43 bits per heavy atom. The van der Waals surface area contributed by atoms with Crippen LogP contribution in [0.15, 0.2) is 12.4 Å². The standard InChI is InChI=1S/C15H26N4O3S/c1-13-16-9-12-18(13)11-7-15(20)19-10-4-3-5-14(19)6-8-17-23(2,21)22/h9,12,14,17H,3-8,10-11H2,1-2H3/t14-/m0/s1. The summed E-state index contributed by atoms with van der Waals surface area (Å²) in [7, 11) is -3.17. The average molecular weight is 342 g/mol. The van der Waals surface area contributed by atoms with Gasteiger partial charge in [-0.05, 0) is 32.6 Å². The molecule has 0 saturated carbocycles. The van der Waals surface area contributed by atoms with Gasteiger partial charge in [0.05, 0.1) is 6.26 Å². The van der Waals surface area contributed by atoms with Crippen LogP contribution in [0.3, 0.4) is 0 Å². The van der Waals surface area contributed by atoms with Crippen LogP contribution < -0.4 is 4.72 Å². The van der Waals surface area contributed by atoms with Gasteiger partial charge in [-0.3, -0.25) is 4.79 Å². The van der Waals surface area contributed by atoms with Crippen LogP contribution in [0.2, 0.25) is 0 Å². The topological polar surface area (TPSA) is 84.3 Å². The Hall–Kier alpha value is -1.41. The number of hydrogen-bond donors (Lipinski definition) is 1. The summed E-state index contributed by atoms with van der Waals surface area (Å²) < 4.78 is 26.8. The molecule has 1 N–H and O–H groups in total. The monoisotopic (exact) mass is 342 g/mol. The molecule has 7 nitrogen and oxygen atoms in total. The normalized spacial score (nSPS) is 19.0. The molecule has 1 amide bonds. The minimum atomic E-state index is -3.17. The highest BCUT2D eigenvalue weighted by Crippen LogP contribution is 2.20. The van der Waals surface area contributed by atoms with Crippen LogP contribution in [0.1, 0.15) is 37.9 Å². The van der Waals surface area contributed by atoms with Crippen LogP contribution in [-0.4, -0.2) is 54.2 Å². The molecule has 0 unspecified atom stereocenters. The zero-order chi connectivity index (χ0) is 16.9. The number of carbonyl (C=O) groups excluding carboxylic acids is 1. The van der Waals surface area contributed by atoms with Crippen LogP contribution in [-0.2, 0) is 21.4 Å². The summed E-state index contributed by atoms with van der Waals surface area (Å²) in [6.45, 7) is 3.71. The second-order valence-electron chi connectivity index (χ2n) is 6.11. The van der Waals surface area contributed by atoms with Gasteiger partial charge in [0.25, 0.3) is 0 Å². The van der Waals surface area contributed by atoms with E-state index >= 15 is 0 Å². The molecule has 0 bridgehead atoms. The van der Waals surface area contributed by atoms with Crippen molar-refractivity contribution in [2.75, 3.05) is 19.3 Å². The van der Waals surface area contributed by atoms with E-state index in [2.05, 4.69) is 9.71 Å². The SMILES string of the molecule is Cc1nccn1CCC(=O)N1CCCC[C@H]1CCNS(C)(=O)=O. The van der Waals surface area contributed by atoms with Crippen molar-refractivity contribution in [3.8, 4) is 0 Å². The molecule has 1 fully saturated rings. The number of amides is 1. The second-order valence-corrected chi connectivity index (χ2v) is 7.94. The van der Waals surface area contributed by atoms with Gasteiger partial charge in [-0.15, -0.1) is 0 Å². The van der Waals surface area contributed by atoms with Gasteiger partial charge in [-0.25, -0.2) is 18.1 Å². The number of rotatable bonds is 7. The number of nitrogens with zero attached hydrogens (tertiary/aromatic N) is 3. The summed E-state index contributed by atoms with van der Waals surface area (Å²) in [4.78, 5) is 18.6. The second kappa shape index (κ2) is 7.92. The molecule has 1 atom stereocenters. The van der Waals surface area contributed by atoms with E-state index in [4.69, 9.17) is 0 Å². The van der Waals surface area contributed by atoms with Crippen molar-refractivity contribution in [1.29, 1.82) is 0 Å². The number of aromatic nitrogens is 2. The van der Waals surface area contributed by atoms with E-state index in [9.17, 15) is 13.2 Å². The van der Waals surface area contributed by atoms with Crippen molar-refractivity contribution >= 4 is 15.9 Å². The van der Waals surface area contributed by atoms with Crippen LogP contribution in [0.25, 0.3) is 0 Å². The molecular weight excluding hydrogens is 316 g/mol. The van der Waals surface area contributed by atoms with Gasteiger partial charge in [-0.1, -0.05) is 0 Å². The lowest BCUT2D eigenvalue weighted by Gasteiger charge is -2.36. The maximum atomic E-state index is 12.5. The molecule has 0 radical (unpaired) electrons. The third-order valence-electron chi connectivity index (χ3n) is 4.28. The van der Waals surface area contributed by atoms with E-state index in [0.29, 0.717) is 25.9 Å². The third kappa shape index (κ3) is 5.62. The molecule has 1 saturated heterocycles. The molecule has 1 aromatic rings. The largest absolute Gasteiger partial charge is 0.340 e. The Bertz CT molecular complexity index is 626. The number of hydrogen-bond acceptors (Lipinski definition) is 4. The zero-order valence-corrected chi connectivity index (χ0v) is 14.7. The molecule has 0 aromatic carbocycles. The molecule has 1 aliphatic rings. The Morgan fingerprint density at radius 3 is 2.87 bits per heavy atom. The lowest BCUT2D eigenvalue weighted by molar-refractivity contribution is -0.135. The molecular formula is C15H26N4O3S. The quantitative estimate of drug-likeness (QED) is 0.798. The predicted octanol–water partition coefficient (Wildman–Crippen LogP) is 0.902. The summed E-state index contributed by atoms with van der Waals surface area (Å²) in [5.41, 5.74) is 0. The fourth-order valence-corrected chi connectivity index (χ4v) is 3.53. The van der Waals surface area contributed by atoms with Crippen molar-refractivity contribution in [2.24, 2.45) is 0 Å². The first-order valence-corrected chi connectivity index (χ1v) is 9.98. The van der Waals surface area contributed by atoms with Gasteiger partial charge < -0.3 is 9.47 Å². The highest BCUT2D eigenvalue weighted by atomic mass is 32.2. The summed E-state index contributed by atoms with van der Waals surface area (Å²) in [6, 6.07) is 0.134. The Balaban J connectivity index is 1.86. The number of likely N-dealkylation sites (tertiary alicyclic amines) is 1. The highest BCUT2D eigenvalue weighted by molar-refractivity contribution is 7.88. The van der Waals surface area contributed by atoms with Crippen LogP contribution in [0.4, 0.5) is 0 Å². The van der Waals surface area contributed by atoms with Gasteiger partial charge in [-0.2, -0.15) is 0 Å². The van der Waals surface area contributed by atoms with Gasteiger partial charge >= 0.3 is 0 Å². The number of piperidine rings is 1. The van der Waals surface area contributed by atoms with Crippen molar-refractivity contribution in [2.45, 2.75) is 51.6 Å². The van der Waals surface area contributed by atoms with Crippen LogP contribution >= 0.6 is 0 Å². The fourth-order valence-electron chi connectivity index (χ4n) is 3.04. The molecule has 0 spiro atoms. The van der Waals surface area contributed by atoms with E-state index in [0.717, 1.165) is 37.9 Å². The Morgan fingerprint density at radius 2 is 2.22 bits per heavy atom. The third-order valence-corrected chi connectivity index (χ3v) is 5.01. The molecule has 0 aliphatic carbocycles. The maximum Gasteiger partial charge on any atom is 0.224 e. The van der Waals surface area contributed by atoms with Gasteiger partial charge in [0.2, 0.25) is 15.9 Å². The summed E-state index contributed by atoms with van der Waals surface area (Å²) in [6.07, 6.45) is 8.95. The Labute approximate surface area is 138 Å². The number of nitrogens with one attached hydrogen (secondary N) is 1. The highest BCUT2D eigenvalue weighted by Gasteiger charge is 2.26. The molecule has 1 aromatic heterocycles. The zero-order valence-electron chi connectivity index (χ0n) is 13.9. The van der Waals surface area contributed by atoms with Gasteiger partial charge in [0, 0.05) is 44.5 Å². The molecule has 130 valence electrons. The molecule has 1 aliphatic heterocycles. The van der Waals surface area contributed by atoms with Crippen molar-refractivity contribution in [3.63, 3.8) is 0 Å². The van der Waals surface area contributed by atoms with Gasteiger partial charge in [0.1, 0.15) is 5.82 Å². The summed E-state index contributed by atoms with van der Waals surface area (Å²) in [5, 5.41) is 0.